The number of imidazole rings is 1. The highest BCUT2D eigenvalue weighted by molar-refractivity contribution is 5.65. The lowest BCUT2D eigenvalue weighted by molar-refractivity contribution is 0.632. The summed E-state index contributed by atoms with van der Waals surface area (Å²) in [5, 5.41) is 0. The molecule has 3 aromatic rings. The van der Waals surface area contributed by atoms with E-state index in [0.29, 0.717) is 11.8 Å². The van der Waals surface area contributed by atoms with Crippen LogP contribution in [0.1, 0.15) is 38.8 Å². The average molecular weight is 358 g/mol. The van der Waals surface area contributed by atoms with E-state index in [0.717, 1.165) is 29.9 Å². The predicted molar refractivity (Wildman–Crippen MR) is 112 cm³/mol. The summed E-state index contributed by atoms with van der Waals surface area (Å²) in [5.74, 6) is 1.97. The van der Waals surface area contributed by atoms with Crippen LogP contribution in [0.5, 0.6) is 0 Å². The van der Waals surface area contributed by atoms with Gasteiger partial charge < -0.3 is 0 Å². The number of hydrogen-bond acceptors (Lipinski definition) is 1. The van der Waals surface area contributed by atoms with Crippen LogP contribution in [0.4, 0.5) is 5.69 Å². The van der Waals surface area contributed by atoms with Crippen molar-refractivity contribution in [2.45, 2.75) is 40.5 Å². The molecule has 0 spiro atoms. The maximum atomic E-state index is 7.53. The summed E-state index contributed by atoms with van der Waals surface area (Å²) in [5.41, 5.74) is 5.48. The Hall–Kier alpha value is -2.86. The molecule has 138 valence electrons. The van der Waals surface area contributed by atoms with Crippen molar-refractivity contribution in [2.24, 2.45) is 11.8 Å². The molecule has 0 unspecified atom stereocenters. The van der Waals surface area contributed by atoms with Crippen molar-refractivity contribution in [1.29, 1.82) is 0 Å². The van der Waals surface area contributed by atoms with Gasteiger partial charge in [-0.05, 0) is 35.8 Å². The molecule has 1 aromatic heterocycles. The van der Waals surface area contributed by atoms with Crippen molar-refractivity contribution in [3.05, 3.63) is 77.4 Å². The first-order valence-corrected chi connectivity index (χ1v) is 9.62. The Balaban J connectivity index is 2.25. The lowest BCUT2D eigenvalue weighted by atomic mass is 9.93. The third-order valence-corrected chi connectivity index (χ3v) is 4.55. The van der Waals surface area contributed by atoms with Crippen LogP contribution in [0, 0.1) is 18.4 Å². The van der Waals surface area contributed by atoms with E-state index < -0.39 is 0 Å². The molecule has 3 rings (SSSR count). The molecule has 0 aliphatic heterocycles. The topological polar surface area (TPSA) is 22.2 Å². The molecule has 0 amide bonds. The SMILES string of the molecule is [C-]#[N+]c1cc(CC(C)C)c(-n2ccnc2-c2ccccc2)c(CC(C)C)c1. The molecule has 0 atom stereocenters. The van der Waals surface area contributed by atoms with Gasteiger partial charge in [0.1, 0.15) is 5.82 Å². The Morgan fingerprint density at radius 3 is 2.07 bits per heavy atom. The summed E-state index contributed by atoms with van der Waals surface area (Å²) in [6.45, 7) is 16.4. The smallest absolute Gasteiger partial charge is 0.187 e. The zero-order valence-corrected chi connectivity index (χ0v) is 16.6. The van der Waals surface area contributed by atoms with E-state index in [-0.39, 0.29) is 0 Å². The maximum absolute atomic E-state index is 7.53. The highest BCUT2D eigenvalue weighted by atomic mass is 15.1. The molecule has 3 heteroatoms. The molecular weight excluding hydrogens is 330 g/mol. The fourth-order valence-corrected chi connectivity index (χ4v) is 3.59. The van der Waals surface area contributed by atoms with Gasteiger partial charge in [-0.3, -0.25) is 4.57 Å². The number of hydrogen-bond donors (Lipinski definition) is 0. The molecule has 0 radical (unpaired) electrons. The van der Waals surface area contributed by atoms with E-state index in [4.69, 9.17) is 6.57 Å². The Bertz CT molecular complexity index is 912. The van der Waals surface area contributed by atoms with E-state index in [2.05, 4.69) is 66.4 Å². The zero-order valence-electron chi connectivity index (χ0n) is 16.6. The Morgan fingerprint density at radius 2 is 1.56 bits per heavy atom. The molecule has 0 saturated heterocycles. The van der Waals surface area contributed by atoms with E-state index >= 15 is 0 Å². The first kappa shape index (κ1) is 18.9. The van der Waals surface area contributed by atoms with Gasteiger partial charge in [-0.2, -0.15) is 0 Å². The van der Waals surface area contributed by atoms with Gasteiger partial charge in [-0.15, -0.1) is 0 Å². The first-order chi connectivity index (χ1) is 13.0. The molecule has 0 saturated carbocycles. The molecule has 0 N–H and O–H groups in total. The molecule has 0 aliphatic rings. The van der Waals surface area contributed by atoms with Crippen molar-refractivity contribution in [3.8, 4) is 17.1 Å². The summed E-state index contributed by atoms with van der Waals surface area (Å²) in [4.78, 5) is 8.38. The van der Waals surface area contributed by atoms with Crippen LogP contribution in [0.15, 0.2) is 54.9 Å². The first-order valence-electron chi connectivity index (χ1n) is 9.62. The molecule has 27 heavy (non-hydrogen) atoms. The second kappa shape index (κ2) is 8.22. The summed E-state index contributed by atoms with van der Waals surface area (Å²) < 4.78 is 2.21. The van der Waals surface area contributed by atoms with Gasteiger partial charge in [0.2, 0.25) is 0 Å². The summed E-state index contributed by atoms with van der Waals surface area (Å²) in [6.07, 6.45) is 5.79. The minimum absolute atomic E-state index is 0.514. The average Bonchev–Trinajstić information content (AvgIpc) is 3.10. The second-order valence-corrected chi connectivity index (χ2v) is 7.91. The van der Waals surface area contributed by atoms with Crippen molar-refractivity contribution in [2.75, 3.05) is 0 Å². The highest BCUT2D eigenvalue weighted by Gasteiger charge is 2.18. The summed E-state index contributed by atoms with van der Waals surface area (Å²) in [7, 11) is 0. The minimum Gasteiger partial charge on any atom is -0.299 e. The normalized spacial score (nSPS) is 11.1. The van der Waals surface area contributed by atoms with Crippen molar-refractivity contribution >= 4 is 5.69 Å². The third kappa shape index (κ3) is 4.28. The van der Waals surface area contributed by atoms with Crippen LogP contribution in [-0.2, 0) is 12.8 Å². The van der Waals surface area contributed by atoms with Gasteiger partial charge in [-0.1, -0.05) is 70.2 Å². The molecule has 2 aromatic carbocycles. The van der Waals surface area contributed by atoms with Gasteiger partial charge in [0.05, 0.1) is 12.3 Å². The quantitative estimate of drug-likeness (QED) is 0.462. The van der Waals surface area contributed by atoms with E-state index in [1.165, 1.54) is 16.8 Å². The maximum Gasteiger partial charge on any atom is 0.187 e. The third-order valence-electron chi connectivity index (χ3n) is 4.55. The van der Waals surface area contributed by atoms with Crippen molar-refractivity contribution in [1.82, 2.24) is 9.55 Å². The zero-order chi connectivity index (χ0) is 19.4. The monoisotopic (exact) mass is 357 g/mol. The number of rotatable bonds is 6. The molecule has 0 bridgehead atoms. The molecular formula is C24H27N3. The lowest BCUT2D eigenvalue weighted by Gasteiger charge is -2.21. The van der Waals surface area contributed by atoms with E-state index in [1.54, 1.807) is 0 Å². The van der Waals surface area contributed by atoms with E-state index in [1.807, 2.05) is 30.6 Å². The van der Waals surface area contributed by atoms with Gasteiger partial charge in [0, 0.05) is 18.0 Å². The van der Waals surface area contributed by atoms with Crippen LogP contribution in [0.25, 0.3) is 21.9 Å². The molecule has 3 nitrogen and oxygen atoms in total. The number of aromatic nitrogens is 2. The van der Waals surface area contributed by atoms with Crippen LogP contribution in [-0.4, -0.2) is 9.55 Å². The summed E-state index contributed by atoms with van der Waals surface area (Å²) >= 11 is 0. The molecule has 0 aliphatic carbocycles. The number of nitrogens with zero attached hydrogens (tertiary/aromatic N) is 3. The van der Waals surface area contributed by atoms with Crippen molar-refractivity contribution < 1.29 is 0 Å². The van der Waals surface area contributed by atoms with E-state index in [9.17, 15) is 0 Å². The van der Waals surface area contributed by atoms with Crippen LogP contribution in [0.2, 0.25) is 0 Å². The molecule has 1 heterocycles. The number of benzene rings is 2. The van der Waals surface area contributed by atoms with Gasteiger partial charge in [-0.25, -0.2) is 9.83 Å². The fourth-order valence-electron chi connectivity index (χ4n) is 3.59. The van der Waals surface area contributed by atoms with Gasteiger partial charge in [0.15, 0.2) is 5.69 Å². The fraction of sp³-hybridized carbons (Fsp3) is 0.333. The van der Waals surface area contributed by atoms with Crippen LogP contribution in [0.3, 0.4) is 0 Å². The van der Waals surface area contributed by atoms with Crippen LogP contribution >= 0.6 is 0 Å². The molecule has 0 fully saturated rings. The lowest BCUT2D eigenvalue weighted by Crippen LogP contribution is -2.09. The van der Waals surface area contributed by atoms with Gasteiger partial charge >= 0.3 is 0 Å². The van der Waals surface area contributed by atoms with Crippen molar-refractivity contribution in [3.63, 3.8) is 0 Å². The Kier molecular flexibility index (Phi) is 5.76. The second-order valence-electron chi connectivity index (χ2n) is 7.91. The van der Waals surface area contributed by atoms with Gasteiger partial charge in [0.25, 0.3) is 0 Å². The van der Waals surface area contributed by atoms with Crippen LogP contribution < -0.4 is 0 Å². The minimum atomic E-state index is 0.514. The summed E-state index contributed by atoms with van der Waals surface area (Å²) in [6, 6.07) is 14.4. The predicted octanol–water partition coefficient (Wildman–Crippen LogP) is 6.49. The Labute approximate surface area is 162 Å². The highest BCUT2D eigenvalue weighted by Crippen LogP contribution is 2.33. The largest absolute Gasteiger partial charge is 0.299 e. The standard InChI is InChI=1S/C24H27N3/c1-17(2)13-20-15-22(25-5)16-21(14-18(3)4)23(20)27-12-11-26-24(27)19-9-7-6-8-10-19/h6-12,15-18H,13-14H2,1-4H3. The Morgan fingerprint density at radius 1 is 0.963 bits per heavy atom.